The molecule has 3 rings (SSSR count). The van der Waals surface area contributed by atoms with E-state index in [1.807, 2.05) is 42.5 Å². The number of ether oxygens (including phenoxy) is 1. The number of thiazole rings is 1. The van der Waals surface area contributed by atoms with Gasteiger partial charge in [-0.3, -0.25) is 4.79 Å². The second-order valence-electron chi connectivity index (χ2n) is 4.92. The van der Waals surface area contributed by atoms with Gasteiger partial charge in [-0.1, -0.05) is 23.9 Å². The van der Waals surface area contributed by atoms with Crippen molar-refractivity contribution in [3.05, 3.63) is 52.5 Å². The van der Waals surface area contributed by atoms with Crippen LogP contribution in [0.25, 0.3) is 10.2 Å². The lowest BCUT2D eigenvalue weighted by atomic mass is 10.2. The number of amides is 1. The van der Waals surface area contributed by atoms with Crippen molar-refractivity contribution >= 4 is 61.4 Å². The van der Waals surface area contributed by atoms with E-state index in [2.05, 4.69) is 31.4 Å². The average molecular weight is 436 g/mol. The third kappa shape index (κ3) is 4.81. The predicted molar refractivity (Wildman–Crippen MR) is 107 cm³/mol. The molecule has 5 nitrogen and oxygen atoms in total. The first kappa shape index (κ1) is 17.9. The second-order valence-corrected chi connectivity index (χ2v) is 8.03. The first-order chi connectivity index (χ1) is 12.2. The topological polar surface area (TPSA) is 63.6 Å². The van der Waals surface area contributed by atoms with Crippen LogP contribution in [0.15, 0.2) is 56.4 Å². The molecule has 0 radical (unpaired) electrons. The molecule has 25 heavy (non-hydrogen) atoms. The summed E-state index contributed by atoms with van der Waals surface area (Å²) >= 11 is 6.40. The minimum absolute atomic E-state index is 0.173. The third-order valence-electron chi connectivity index (χ3n) is 3.18. The molecule has 8 heteroatoms. The van der Waals surface area contributed by atoms with Crippen LogP contribution in [0, 0.1) is 0 Å². The number of carbonyl (C=O) groups is 1. The van der Waals surface area contributed by atoms with E-state index in [1.54, 1.807) is 24.7 Å². The van der Waals surface area contributed by atoms with Gasteiger partial charge in [-0.2, -0.15) is 5.10 Å². The second kappa shape index (κ2) is 8.46. The van der Waals surface area contributed by atoms with E-state index in [1.165, 1.54) is 11.8 Å². The van der Waals surface area contributed by atoms with E-state index in [-0.39, 0.29) is 11.7 Å². The van der Waals surface area contributed by atoms with Crippen molar-refractivity contribution < 1.29 is 9.53 Å². The molecule has 1 aromatic heterocycles. The number of nitrogens with zero attached hydrogens (tertiary/aromatic N) is 2. The van der Waals surface area contributed by atoms with Gasteiger partial charge in [0.2, 0.25) is 0 Å². The molecule has 0 bridgehead atoms. The Labute approximate surface area is 161 Å². The van der Waals surface area contributed by atoms with Crippen LogP contribution in [0.2, 0.25) is 0 Å². The highest BCUT2D eigenvalue weighted by atomic mass is 79.9. The Kier molecular flexibility index (Phi) is 6.06. The van der Waals surface area contributed by atoms with Crippen molar-refractivity contribution in [1.82, 2.24) is 10.4 Å². The number of carbonyl (C=O) groups excluding carboxylic acids is 1. The monoisotopic (exact) mass is 435 g/mol. The first-order valence-electron chi connectivity index (χ1n) is 7.29. The number of halogens is 1. The molecule has 0 atom stereocenters. The number of fused-ring (bicyclic) bond motifs is 1. The Hall–Kier alpha value is -1.90. The normalized spacial score (nSPS) is 11.1. The third-order valence-corrected chi connectivity index (χ3v) is 5.98. The lowest BCUT2D eigenvalue weighted by molar-refractivity contribution is -0.118. The number of hydrazone groups is 1. The smallest absolute Gasteiger partial charge is 0.250 e. The molecular weight excluding hydrogens is 422 g/mol. The molecule has 0 aliphatic heterocycles. The Morgan fingerprint density at radius 2 is 2.24 bits per heavy atom. The fourth-order valence-corrected chi connectivity index (χ4v) is 4.43. The molecule has 0 saturated carbocycles. The molecular formula is C17H14BrN3O2S2. The van der Waals surface area contributed by atoms with Gasteiger partial charge < -0.3 is 4.74 Å². The van der Waals surface area contributed by atoms with Crippen molar-refractivity contribution in [2.24, 2.45) is 5.10 Å². The molecule has 1 amide bonds. The summed E-state index contributed by atoms with van der Waals surface area (Å²) in [7, 11) is 1.61. The molecule has 0 aliphatic rings. The van der Waals surface area contributed by atoms with Crippen LogP contribution in [0.5, 0.6) is 5.75 Å². The molecule has 3 aromatic rings. The maximum Gasteiger partial charge on any atom is 0.250 e. The first-order valence-corrected chi connectivity index (χ1v) is 9.89. The van der Waals surface area contributed by atoms with Gasteiger partial charge in [0.25, 0.3) is 5.91 Å². The summed E-state index contributed by atoms with van der Waals surface area (Å²) in [6, 6.07) is 13.5. The van der Waals surface area contributed by atoms with Crippen molar-refractivity contribution in [2.45, 2.75) is 4.34 Å². The SMILES string of the molecule is COc1ccc(/C=N/NC(=O)CSc2nc3ccccc3s2)cc1Br. The van der Waals surface area contributed by atoms with E-state index in [0.29, 0.717) is 0 Å². The molecule has 0 fully saturated rings. The van der Waals surface area contributed by atoms with Crippen LogP contribution in [0.3, 0.4) is 0 Å². The summed E-state index contributed by atoms with van der Waals surface area (Å²) < 4.78 is 7.99. The fourth-order valence-electron chi connectivity index (χ4n) is 2.01. The number of hydrogen-bond acceptors (Lipinski definition) is 6. The van der Waals surface area contributed by atoms with Crippen molar-refractivity contribution in [1.29, 1.82) is 0 Å². The standard InChI is InChI=1S/C17H14BrN3O2S2/c1-23-14-7-6-11(8-12(14)18)9-19-21-16(22)10-24-17-20-13-4-2-3-5-15(13)25-17/h2-9H,10H2,1H3,(H,21,22)/b19-9+. The number of nitrogens with one attached hydrogen (secondary N) is 1. The predicted octanol–water partition coefficient (Wildman–Crippen LogP) is 4.31. The van der Waals surface area contributed by atoms with Gasteiger partial charge in [0.05, 0.1) is 33.8 Å². The van der Waals surface area contributed by atoms with Crippen molar-refractivity contribution in [3.8, 4) is 5.75 Å². The average Bonchev–Trinajstić information content (AvgIpc) is 3.03. The number of thioether (sulfide) groups is 1. The maximum atomic E-state index is 11.9. The summed E-state index contributed by atoms with van der Waals surface area (Å²) in [6.45, 7) is 0. The zero-order valence-electron chi connectivity index (χ0n) is 13.2. The van der Waals surface area contributed by atoms with Gasteiger partial charge >= 0.3 is 0 Å². The maximum absolute atomic E-state index is 11.9. The lowest BCUT2D eigenvalue weighted by Gasteiger charge is -2.03. The van der Waals surface area contributed by atoms with Gasteiger partial charge in [-0.15, -0.1) is 11.3 Å². The van der Waals surface area contributed by atoms with E-state index >= 15 is 0 Å². The number of para-hydroxylation sites is 1. The Morgan fingerprint density at radius 3 is 3.00 bits per heavy atom. The molecule has 0 aliphatic carbocycles. The summed E-state index contributed by atoms with van der Waals surface area (Å²) in [6.07, 6.45) is 1.59. The molecule has 1 N–H and O–H groups in total. The summed E-state index contributed by atoms with van der Waals surface area (Å²) in [5.41, 5.74) is 4.33. The number of rotatable bonds is 6. The van der Waals surface area contributed by atoms with Crippen molar-refractivity contribution in [2.75, 3.05) is 12.9 Å². The van der Waals surface area contributed by atoms with Gasteiger partial charge in [0, 0.05) is 0 Å². The largest absolute Gasteiger partial charge is 0.496 e. The number of benzene rings is 2. The molecule has 0 spiro atoms. The van der Waals surface area contributed by atoms with Gasteiger partial charge in [0.1, 0.15) is 5.75 Å². The lowest BCUT2D eigenvalue weighted by Crippen LogP contribution is -2.19. The number of methoxy groups -OCH3 is 1. The quantitative estimate of drug-likeness (QED) is 0.355. The van der Waals surface area contributed by atoms with Crippen LogP contribution in [0.4, 0.5) is 0 Å². The van der Waals surface area contributed by atoms with Crippen LogP contribution >= 0.6 is 39.0 Å². The van der Waals surface area contributed by atoms with Gasteiger partial charge in [-0.25, -0.2) is 10.4 Å². The molecule has 0 unspecified atom stereocenters. The van der Waals surface area contributed by atoms with E-state index in [4.69, 9.17) is 4.74 Å². The van der Waals surface area contributed by atoms with Crippen LogP contribution in [-0.4, -0.2) is 30.0 Å². The van der Waals surface area contributed by atoms with Crippen molar-refractivity contribution in [3.63, 3.8) is 0 Å². The zero-order chi connectivity index (χ0) is 17.6. The summed E-state index contributed by atoms with van der Waals surface area (Å²) in [5, 5.41) is 3.98. The molecule has 2 aromatic carbocycles. The minimum Gasteiger partial charge on any atom is -0.496 e. The highest BCUT2D eigenvalue weighted by molar-refractivity contribution is 9.10. The van der Waals surface area contributed by atoms with E-state index in [0.717, 1.165) is 30.3 Å². The highest BCUT2D eigenvalue weighted by Crippen LogP contribution is 2.29. The van der Waals surface area contributed by atoms with Gasteiger partial charge in [0.15, 0.2) is 4.34 Å². The van der Waals surface area contributed by atoms with Gasteiger partial charge in [-0.05, 0) is 51.8 Å². The Balaban J connectivity index is 1.51. The molecule has 0 saturated heterocycles. The minimum atomic E-state index is -0.173. The van der Waals surface area contributed by atoms with Crippen LogP contribution in [-0.2, 0) is 4.79 Å². The highest BCUT2D eigenvalue weighted by Gasteiger charge is 2.07. The molecule has 1 heterocycles. The number of aromatic nitrogens is 1. The van der Waals surface area contributed by atoms with Crippen LogP contribution in [0.1, 0.15) is 5.56 Å². The molecule has 128 valence electrons. The summed E-state index contributed by atoms with van der Waals surface area (Å²) in [4.78, 5) is 16.4. The number of hydrogen-bond donors (Lipinski definition) is 1. The van der Waals surface area contributed by atoms with E-state index in [9.17, 15) is 4.79 Å². The fraction of sp³-hybridized carbons (Fsp3) is 0.118. The summed E-state index contributed by atoms with van der Waals surface area (Å²) in [5.74, 6) is 0.838. The zero-order valence-corrected chi connectivity index (χ0v) is 16.5. The van der Waals surface area contributed by atoms with E-state index < -0.39 is 0 Å². The Morgan fingerprint density at radius 1 is 1.40 bits per heavy atom. The van der Waals surface area contributed by atoms with Crippen LogP contribution < -0.4 is 10.2 Å². The Bertz CT molecular complexity index is 894.